The van der Waals surface area contributed by atoms with Crippen LogP contribution in [0.3, 0.4) is 0 Å². The Bertz CT molecular complexity index is 1150. The first kappa shape index (κ1) is 24.0. The molecule has 0 aromatic heterocycles. The van der Waals surface area contributed by atoms with Crippen LogP contribution in [0, 0.1) is 13.7 Å². The third-order valence-corrected chi connectivity index (χ3v) is 5.23. The second kappa shape index (κ2) is 10.3. The van der Waals surface area contributed by atoms with Crippen LogP contribution in [-0.2, 0) is 16.2 Å². The van der Waals surface area contributed by atoms with Gasteiger partial charge in [0.15, 0.2) is 11.5 Å². The van der Waals surface area contributed by atoms with E-state index in [9.17, 15) is 24.5 Å². The number of carbonyl (C=O) groups excluding carboxylic acids is 2. The number of carbonyl (C=O) groups is 3. The van der Waals surface area contributed by atoms with E-state index < -0.39 is 29.4 Å². The first-order chi connectivity index (χ1) is 15.7. The first-order valence-electron chi connectivity index (χ1n) is 9.58. The number of non-ortho nitro benzene ring substituents is 1. The predicted molar refractivity (Wildman–Crippen MR) is 124 cm³/mol. The van der Waals surface area contributed by atoms with Gasteiger partial charge in [-0.2, -0.15) is 0 Å². The quantitative estimate of drug-likeness (QED) is 0.154. The fourth-order valence-corrected chi connectivity index (χ4v) is 3.74. The Balaban J connectivity index is 1.83. The van der Waals surface area contributed by atoms with Gasteiger partial charge in [0.25, 0.3) is 11.6 Å². The van der Waals surface area contributed by atoms with Gasteiger partial charge in [-0.1, -0.05) is 0 Å². The third-order valence-electron chi connectivity index (χ3n) is 4.43. The Morgan fingerprint density at radius 2 is 1.94 bits per heavy atom. The van der Waals surface area contributed by atoms with Gasteiger partial charge >= 0.3 is 12.0 Å². The summed E-state index contributed by atoms with van der Waals surface area (Å²) in [6.07, 6.45) is 1.42. The molecule has 1 heterocycles. The van der Waals surface area contributed by atoms with Crippen LogP contribution in [0.1, 0.15) is 18.1 Å². The molecule has 2 aromatic rings. The average Bonchev–Trinajstić information content (AvgIpc) is 3.00. The molecule has 2 N–H and O–H groups in total. The van der Waals surface area contributed by atoms with Crippen molar-refractivity contribution in [2.45, 2.75) is 13.5 Å². The topological polar surface area (TPSA) is 148 Å². The van der Waals surface area contributed by atoms with Crippen LogP contribution < -0.4 is 14.8 Å². The SMILES string of the molecule is CCOc1cc(/C=C2/NC(=O)N(CC(=O)O)C2=O)cc(I)c1OCc1ccc([N+](=O)[O-])cc1. The lowest BCUT2D eigenvalue weighted by Gasteiger charge is -2.15. The molecule has 12 heteroatoms. The molecule has 0 radical (unpaired) electrons. The highest BCUT2D eigenvalue weighted by Gasteiger charge is 2.35. The zero-order valence-corrected chi connectivity index (χ0v) is 19.4. The maximum absolute atomic E-state index is 12.4. The Morgan fingerprint density at radius 3 is 2.55 bits per heavy atom. The number of nitro groups is 1. The van der Waals surface area contributed by atoms with Crippen molar-refractivity contribution in [3.05, 3.63) is 66.9 Å². The average molecular weight is 567 g/mol. The molecule has 172 valence electrons. The van der Waals surface area contributed by atoms with E-state index in [4.69, 9.17) is 14.6 Å². The van der Waals surface area contributed by atoms with Gasteiger partial charge in [0, 0.05) is 12.1 Å². The van der Waals surface area contributed by atoms with Crippen molar-refractivity contribution in [3.8, 4) is 11.5 Å². The van der Waals surface area contributed by atoms with Crippen LogP contribution in [0.15, 0.2) is 42.1 Å². The van der Waals surface area contributed by atoms with Crippen molar-refractivity contribution < 1.29 is 33.9 Å². The van der Waals surface area contributed by atoms with E-state index in [0.29, 0.717) is 32.1 Å². The van der Waals surface area contributed by atoms with Crippen LogP contribution in [0.2, 0.25) is 0 Å². The lowest BCUT2D eigenvalue weighted by molar-refractivity contribution is -0.384. The van der Waals surface area contributed by atoms with Gasteiger partial charge in [-0.25, -0.2) is 9.69 Å². The predicted octanol–water partition coefficient (Wildman–Crippen LogP) is 3.15. The summed E-state index contributed by atoms with van der Waals surface area (Å²) >= 11 is 2.04. The number of hydrogen-bond donors (Lipinski definition) is 2. The number of nitro benzene ring substituents is 1. The fraction of sp³-hybridized carbons (Fsp3) is 0.190. The molecule has 3 amide bonds. The fourth-order valence-electron chi connectivity index (χ4n) is 2.96. The molecule has 0 saturated carbocycles. The molecule has 1 aliphatic rings. The minimum atomic E-state index is -1.30. The highest BCUT2D eigenvalue weighted by Crippen LogP contribution is 2.35. The minimum Gasteiger partial charge on any atom is -0.490 e. The number of ether oxygens (including phenoxy) is 2. The standard InChI is InChI=1S/C21H18IN3O8/c1-2-32-17-9-13(8-16-20(28)24(10-18(26)27)21(29)23-16)7-15(22)19(17)33-11-12-3-5-14(6-4-12)25(30)31/h3-9H,2,10-11H2,1H3,(H,23,29)(H,26,27)/b16-8+. The van der Waals surface area contributed by atoms with Crippen molar-refractivity contribution in [1.29, 1.82) is 0 Å². The molecular weight excluding hydrogens is 549 g/mol. The lowest BCUT2D eigenvalue weighted by atomic mass is 10.1. The number of nitrogens with zero attached hydrogens (tertiary/aromatic N) is 2. The van der Waals surface area contributed by atoms with Gasteiger partial charge in [0.1, 0.15) is 18.8 Å². The van der Waals surface area contributed by atoms with E-state index in [0.717, 1.165) is 5.56 Å². The molecule has 0 bridgehead atoms. The molecule has 1 saturated heterocycles. The minimum absolute atomic E-state index is 0.0174. The smallest absolute Gasteiger partial charge is 0.329 e. The number of carboxylic acids is 1. The van der Waals surface area contributed by atoms with Crippen LogP contribution in [-0.4, -0.2) is 46.0 Å². The molecule has 0 unspecified atom stereocenters. The summed E-state index contributed by atoms with van der Waals surface area (Å²) in [7, 11) is 0. The largest absolute Gasteiger partial charge is 0.490 e. The zero-order chi connectivity index (χ0) is 24.1. The first-order valence-corrected chi connectivity index (χ1v) is 10.7. The zero-order valence-electron chi connectivity index (χ0n) is 17.2. The van der Waals surface area contributed by atoms with Crippen LogP contribution in [0.4, 0.5) is 10.5 Å². The number of carboxylic acid groups (broad SMARTS) is 1. The summed E-state index contributed by atoms with van der Waals surface area (Å²) in [4.78, 5) is 46.0. The van der Waals surface area contributed by atoms with E-state index in [1.165, 1.54) is 18.2 Å². The second-order valence-electron chi connectivity index (χ2n) is 6.75. The Hall–Kier alpha value is -3.68. The van der Waals surface area contributed by atoms with Crippen molar-refractivity contribution in [3.63, 3.8) is 0 Å². The molecule has 0 aliphatic carbocycles. The maximum Gasteiger partial charge on any atom is 0.329 e. The number of halogens is 1. The number of amides is 3. The summed E-state index contributed by atoms with van der Waals surface area (Å²) in [5.41, 5.74) is 1.18. The van der Waals surface area contributed by atoms with Crippen molar-refractivity contribution in [2.75, 3.05) is 13.2 Å². The van der Waals surface area contributed by atoms with Crippen LogP contribution >= 0.6 is 22.6 Å². The molecule has 2 aromatic carbocycles. The molecule has 11 nitrogen and oxygen atoms in total. The Morgan fingerprint density at radius 1 is 1.24 bits per heavy atom. The monoisotopic (exact) mass is 567 g/mol. The van der Waals surface area contributed by atoms with Gasteiger partial charge in [-0.05, 0) is 71.0 Å². The highest BCUT2D eigenvalue weighted by molar-refractivity contribution is 14.1. The summed E-state index contributed by atoms with van der Waals surface area (Å²) in [6, 6.07) is 8.51. The molecule has 3 rings (SSSR count). The van der Waals surface area contributed by atoms with Crippen LogP contribution in [0.25, 0.3) is 6.08 Å². The number of aliphatic carboxylic acids is 1. The van der Waals surface area contributed by atoms with E-state index >= 15 is 0 Å². The van der Waals surface area contributed by atoms with Crippen molar-refractivity contribution >= 4 is 52.3 Å². The maximum atomic E-state index is 12.4. The molecule has 1 fully saturated rings. The molecule has 0 spiro atoms. The molecular formula is C21H18IN3O8. The molecule has 1 aliphatic heterocycles. The Labute approximate surface area is 201 Å². The highest BCUT2D eigenvalue weighted by atomic mass is 127. The summed E-state index contributed by atoms with van der Waals surface area (Å²) in [5.74, 6) is -1.19. The van der Waals surface area contributed by atoms with Gasteiger partial charge in [-0.3, -0.25) is 19.7 Å². The van der Waals surface area contributed by atoms with Gasteiger partial charge in [0.05, 0.1) is 15.1 Å². The van der Waals surface area contributed by atoms with E-state index in [1.54, 1.807) is 31.2 Å². The number of urea groups is 1. The summed E-state index contributed by atoms with van der Waals surface area (Å²) in [6.45, 7) is 1.54. The molecule has 33 heavy (non-hydrogen) atoms. The van der Waals surface area contributed by atoms with E-state index in [1.807, 2.05) is 22.6 Å². The molecule has 0 atom stereocenters. The van der Waals surface area contributed by atoms with Gasteiger partial charge in [0.2, 0.25) is 0 Å². The summed E-state index contributed by atoms with van der Waals surface area (Å²) in [5, 5.41) is 22.0. The van der Waals surface area contributed by atoms with Gasteiger partial charge in [-0.15, -0.1) is 0 Å². The van der Waals surface area contributed by atoms with Crippen molar-refractivity contribution in [2.24, 2.45) is 0 Å². The second-order valence-corrected chi connectivity index (χ2v) is 7.91. The number of hydrogen-bond acceptors (Lipinski definition) is 7. The third kappa shape index (κ3) is 5.77. The number of imide groups is 1. The Kier molecular flexibility index (Phi) is 7.48. The normalized spacial score (nSPS) is 14.4. The van der Waals surface area contributed by atoms with Crippen LogP contribution in [0.5, 0.6) is 11.5 Å². The van der Waals surface area contributed by atoms with E-state index in [-0.39, 0.29) is 18.0 Å². The lowest BCUT2D eigenvalue weighted by Crippen LogP contribution is -2.35. The number of rotatable bonds is 9. The number of nitrogens with one attached hydrogen (secondary N) is 1. The van der Waals surface area contributed by atoms with Gasteiger partial charge < -0.3 is 19.9 Å². The van der Waals surface area contributed by atoms with Crippen molar-refractivity contribution in [1.82, 2.24) is 10.2 Å². The van der Waals surface area contributed by atoms with E-state index in [2.05, 4.69) is 5.32 Å². The number of benzene rings is 2. The summed E-state index contributed by atoms with van der Waals surface area (Å²) < 4.78 is 12.2.